The molecule has 0 aromatic heterocycles. The van der Waals surface area contributed by atoms with Crippen LogP contribution in [0.1, 0.15) is 36.6 Å². The fourth-order valence-electron chi connectivity index (χ4n) is 2.78. The van der Waals surface area contributed by atoms with E-state index in [1.807, 2.05) is 18.2 Å². The van der Waals surface area contributed by atoms with Crippen LogP contribution in [-0.4, -0.2) is 19.1 Å². The van der Waals surface area contributed by atoms with Gasteiger partial charge in [0, 0.05) is 12.1 Å². The summed E-state index contributed by atoms with van der Waals surface area (Å²) in [6.07, 6.45) is 1.25. The van der Waals surface area contributed by atoms with Crippen molar-refractivity contribution < 1.29 is 9.53 Å². The van der Waals surface area contributed by atoms with Crippen LogP contribution in [0.5, 0.6) is 0 Å². The highest BCUT2D eigenvalue weighted by molar-refractivity contribution is 5.85. The van der Waals surface area contributed by atoms with Crippen molar-refractivity contribution in [3.63, 3.8) is 0 Å². The van der Waals surface area contributed by atoms with Gasteiger partial charge >= 0.3 is 5.97 Å². The minimum Gasteiger partial charge on any atom is -0.469 e. The fraction of sp³-hybridized carbons (Fsp3) is 0.350. The summed E-state index contributed by atoms with van der Waals surface area (Å²) in [5, 5.41) is 3.62. The van der Waals surface area contributed by atoms with E-state index in [0.717, 1.165) is 12.0 Å². The van der Waals surface area contributed by atoms with Crippen LogP contribution < -0.4 is 5.32 Å². The fourth-order valence-corrected chi connectivity index (χ4v) is 2.78. The zero-order valence-electron chi connectivity index (χ0n) is 14.5. The molecule has 0 heterocycles. The first-order valence-corrected chi connectivity index (χ1v) is 8.04. The summed E-state index contributed by atoms with van der Waals surface area (Å²) >= 11 is 0. The Morgan fingerprint density at radius 1 is 1.04 bits per heavy atom. The number of ether oxygens (including phenoxy) is 1. The maximum atomic E-state index is 11.4. The van der Waals surface area contributed by atoms with Crippen molar-refractivity contribution >= 4 is 18.4 Å². The normalized spacial score (nSPS) is 12.8. The quantitative estimate of drug-likeness (QED) is 0.766. The lowest BCUT2D eigenvalue weighted by atomic mass is 10.0. The van der Waals surface area contributed by atoms with E-state index in [2.05, 4.69) is 55.6 Å². The molecule has 0 radical (unpaired) electrons. The molecule has 1 N–H and O–H groups in total. The van der Waals surface area contributed by atoms with Crippen molar-refractivity contribution in [2.75, 3.05) is 7.11 Å². The average molecular weight is 348 g/mol. The molecule has 0 saturated heterocycles. The average Bonchev–Trinajstić information content (AvgIpc) is 2.55. The first-order valence-electron chi connectivity index (χ1n) is 8.04. The Kier molecular flexibility index (Phi) is 8.51. The largest absolute Gasteiger partial charge is 0.469 e. The number of esters is 1. The second kappa shape index (κ2) is 10.1. The van der Waals surface area contributed by atoms with Gasteiger partial charge in [-0.05, 0) is 37.0 Å². The lowest BCUT2D eigenvalue weighted by Gasteiger charge is -2.20. The number of methoxy groups -OCH3 is 1. The molecular weight excluding hydrogens is 322 g/mol. The molecule has 4 heteroatoms. The lowest BCUT2D eigenvalue weighted by Crippen LogP contribution is -2.30. The molecule has 0 amide bonds. The molecule has 0 fully saturated rings. The topological polar surface area (TPSA) is 38.3 Å². The Hall–Kier alpha value is -1.84. The number of carbonyl (C=O) groups excluding carboxylic acids is 1. The Morgan fingerprint density at radius 2 is 1.71 bits per heavy atom. The van der Waals surface area contributed by atoms with Crippen LogP contribution in [0.15, 0.2) is 54.6 Å². The van der Waals surface area contributed by atoms with E-state index in [9.17, 15) is 4.79 Å². The van der Waals surface area contributed by atoms with Crippen LogP contribution in [-0.2, 0) is 22.4 Å². The molecule has 0 bridgehead atoms. The highest BCUT2D eigenvalue weighted by atomic mass is 35.5. The monoisotopic (exact) mass is 347 g/mol. The molecule has 2 atom stereocenters. The van der Waals surface area contributed by atoms with E-state index >= 15 is 0 Å². The minimum absolute atomic E-state index is 0. The van der Waals surface area contributed by atoms with Gasteiger partial charge in [0.2, 0.25) is 0 Å². The summed E-state index contributed by atoms with van der Waals surface area (Å²) in [7, 11) is 1.42. The van der Waals surface area contributed by atoms with Gasteiger partial charge < -0.3 is 10.1 Å². The van der Waals surface area contributed by atoms with Crippen molar-refractivity contribution in [1.82, 2.24) is 5.32 Å². The van der Waals surface area contributed by atoms with Crippen LogP contribution in [0.3, 0.4) is 0 Å². The van der Waals surface area contributed by atoms with Crippen LogP contribution in [0.25, 0.3) is 0 Å². The first-order chi connectivity index (χ1) is 11.1. The molecule has 130 valence electrons. The van der Waals surface area contributed by atoms with Gasteiger partial charge in [0.1, 0.15) is 0 Å². The maximum absolute atomic E-state index is 11.4. The number of hydrogen-bond donors (Lipinski definition) is 1. The molecule has 2 aromatic rings. The summed E-state index contributed by atoms with van der Waals surface area (Å²) in [5.41, 5.74) is 3.52. The Balaban J connectivity index is 0.00000288. The van der Waals surface area contributed by atoms with E-state index in [1.165, 1.54) is 18.2 Å². The van der Waals surface area contributed by atoms with Crippen molar-refractivity contribution in [3.05, 3.63) is 71.3 Å². The van der Waals surface area contributed by atoms with Crippen LogP contribution in [0.2, 0.25) is 0 Å². The Morgan fingerprint density at radius 3 is 2.38 bits per heavy atom. The second-order valence-corrected chi connectivity index (χ2v) is 5.98. The highest BCUT2D eigenvalue weighted by Gasteiger charge is 2.10. The molecule has 3 nitrogen and oxygen atoms in total. The molecule has 0 unspecified atom stereocenters. The van der Waals surface area contributed by atoms with Crippen LogP contribution in [0, 0.1) is 0 Å². The zero-order chi connectivity index (χ0) is 16.7. The summed E-state index contributed by atoms with van der Waals surface area (Å²) in [4.78, 5) is 11.4. The molecular formula is C20H26ClNO2. The highest BCUT2D eigenvalue weighted by Crippen LogP contribution is 2.14. The summed E-state index contributed by atoms with van der Waals surface area (Å²) < 4.78 is 4.73. The number of nitrogens with one attached hydrogen (secondary N) is 1. The van der Waals surface area contributed by atoms with E-state index in [1.54, 1.807) is 0 Å². The van der Waals surface area contributed by atoms with Gasteiger partial charge in [-0.2, -0.15) is 0 Å². The molecule has 2 aromatic carbocycles. The number of benzene rings is 2. The van der Waals surface area contributed by atoms with Gasteiger partial charge in [-0.15, -0.1) is 12.4 Å². The molecule has 0 aliphatic heterocycles. The minimum atomic E-state index is -0.203. The standard InChI is InChI=1S/C20H25NO2.ClH/c1-15(21-16(2)19-10-5-4-6-11-19)12-17-8-7-9-18(13-17)14-20(22)23-3;/h4-11,13,15-16,21H,12,14H2,1-3H3;1H/t15-,16-;/m0./s1. The molecule has 2 rings (SSSR count). The third-order valence-corrected chi connectivity index (χ3v) is 3.94. The van der Waals surface area contributed by atoms with Crippen molar-refractivity contribution in [2.45, 2.75) is 38.8 Å². The third kappa shape index (κ3) is 6.34. The Labute approximate surface area is 150 Å². The molecule has 0 aliphatic carbocycles. The molecule has 0 saturated carbocycles. The maximum Gasteiger partial charge on any atom is 0.309 e. The van der Waals surface area contributed by atoms with E-state index in [0.29, 0.717) is 18.5 Å². The smallest absolute Gasteiger partial charge is 0.309 e. The van der Waals surface area contributed by atoms with Crippen LogP contribution >= 0.6 is 12.4 Å². The second-order valence-electron chi connectivity index (χ2n) is 5.98. The predicted molar refractivity (Wildman–Crippen MR) is 101 cm³/mol. The third-order valence-electron chi connectivity index (χ3n) is 3.94. The summed E-state index contributed by atoms with van der Waals surface area (Å²) in [5.74, 6) is -0.203. The van der Waals surface area contributed by atoms with Crippen molar-refractivity contribution in [2.24, 2.45) is 0 Å². The van der Waals surface area contributed by atoms with Crippen molar-refractivity contribution in [3.8, 4) is 0 Å². The molecule has 24 heavy (non-hydrogen) atoms. The van der Waals surface area contributed by atoms with Gasteiger partial charge in [-0.3, -0.25) is 4.79 Å². The van der Waals surface area contributed by atoms with Gasteiger partial charge in [0.05, 0.1) is 13.5 Å². The van der Waals surface area contributed by atoms with E-state index in [4.69, 9.17) is 4.74 Å². The summed E-state index contributed by atoms with van der Waals surface area (Å²) in [6.45, 7) is 4.37. The number of hydrogen-bond acceptors (Lipinski definition) is 3. The zero-order valence-corrected chi connectivity index (χ0v) is 15.3. The predicted octanol–water partition coefficient (Wildman–Crippen LogP) is 4.11. The number of rotatable bonds is 7. The summed E-state index contributed by atoms with van der Waals surface area (Å²) in [6, 6.07) is 19.3. The molecule has 0 spiro atoms. The van der Waals surface area contributed by atoms with Gasteiger partial charge in [-0.1, -0.05) is 54.6 Å². The van der Waals surface area contributed by atoms with Crippen molar-refractivity contribution in [1.29, 1.82) is 0 Å². The van der Waals surface area contributed by atoms with Crippen LogP contribution in [0.4, 0.5) is 0 Å². The number of halogens is 1. The van der Waals surface area contributed by atoms with E-state index in [-0.39, 0.29) is 18.4 Å². The van der Waals surface area contributed by atoms with Gasteiger partial charge in [0.25, 0.3) is 0 Å². The lowest BCUT2D eigenvalue weighted by molar-refractivity contribution is -0.139. The SMILES string of the molecule is COC(=O)Cc1cccc(C[C@H](C)N[C@@H](C)c2ccccc2)c1.Cl. The van der Waals surface area contributed by atoms with Gasteiger partial charge in [0.15, 0.2) is 0 Å². The Bertz CT molecular complexity index is 631. The van der Waals surface area contributed by atoms with E-state index < -0.39 is 0 Å². The van der Waals surface area contributed by atoms with Gasteiger partial charge in [-0.25, -0.2) is 0 Å². The first kappa shape index (κ1) is 20.2. The molecule has 0 aliphatic rings. The number of carbonyl (C=O) groups is 1.